The van der Waals surface area contributed by atoms with Crippen molar-refractivity contribution < 1.29 is 9.90 Å². The number of carbonyl (C=O) groups is 1. The second-order valence-corrected chi connectivity index (χ2v) is 7.33. The van der Waals surface area contributed by atoms with Crippen molar-refractivity contribution in [3.05, 3.63) is 0 Å². The van der Waals surface area contributed by atoms with Gasteiger partial charge in [0, 0.05) is 38.2 Å². The van der Waals surface area contributed by atoms with Gasteiger partial charge < -0.3 is 15.3 Å². The van der Waals surface area contributed by atoms with E-state index in [1.807, 2.05) is 4.90 Å². The molecule has 1 unspecified atom stereocenters. The van der Waals surface area contributed by atoms with Crippen LogP contribution >= 0.6 is 0 Å². The van der Waals surface area contributed by atoms with Crippen LogP contribution in [0.5, 0.6) is 0 Å². The molecule has 1 aliphatic heterocycles. The first-order chi connectivity index (χ1) is 9.31. The van der Waals surface area contributed by atoms with Crippen LogP contribution < -0.4 is 5.32 Å². The summed E-state index contributed by atoms with van der Waals surface area (Å²) in [6, 6.07) is 0.964. The van der Waals surface area contributed by atoms with Crippen molar-refractivity contribution in [3.63, 3.8) is 0 Å². The Morgan fingerprint density at radius 2 is 1.95 bits per heavy atom. The molecule has 1 heterocycles. The number of amides is 1. The number of aliphatic hydroxyl groups excluding tert-OH is 1. The number of rotatable bonds is 6. The Kier molecular flexibility index (Phi) is 6.96. The quantitative estimate of drug-likeness (QED) is 0.786. The lowest BCUT2D eigenvalue weighted by molar-refractivity contribution is -0.134. The molecular weight excluding hydrogens is 252 g/mol. The van der Waals surface area contributed by atoms with Gasteiger partial charge in [-0.1, -0.05) is 20.8 Å². The van der Waals surface area contributed by atoms with Crippen molar-refractivity contribution in [2.45, 2.75) is 71.9 Å². The number of aliphatic hydroxyl groups is 1. The average Bonchev–Trinajstić information content (AvgIpc) is 2.35. The van der Waals surface area contributed by atoms with Gasteiger partial charge in [-0.2, -0.15) is 0 Å². The maximum absolute atomic E-state index is 12.2. The number of hydrogen-bond donors (Lipinski definition) is 2. The molecule has 0 bridgehead atoms. The van der Waals surface area contributed by atoms with Gasteiger partial charge in [0.05, 0.1) is 0 Å². The number of nitrogens with zero attached hydrogens (tertiary/aromatic N) is 1. The van der Waals surface area contributed by atoms with Gasteiger partial charge in [-0.25, -0.2) is 0 Å². The third-order valence-corrected chi connectivity index (χ3v) is 3.84. The summed E-state index contributed by atoms with van der Waals surface area (Å²) in [6.07, 6.45) is 4.59. The van der Waals surface area contributed by atoms with Gasteiger partial charge in [-0.3, -0.25) is 4.79 Å². The predicted molar refractivity (Wildman–Crippen MR) is 82.6 cm³/mol. The van der Waals surface area contributed by atoms with Gasteiger partial charge in [0.1, 0.15) is 0 Å². The normalized spacial score (nSPS) is 19.1. The van der Waals surface area contributed by atoms with E-state index in [0.29, 0.717) is 24.4 Å². The van der Waals surface area contributed by atoms with Crippen LogP contribution in [0.15, 0.2) is 0 Å². The van der Waals surface area contributed by atoms with E-state index >= 15 is 0 Å². The molecule has 0 aromatic rings. The SMILES string of the molecule is CC(CCCO)NC1CCN(C(=O)CC(C)(C)C)CC1. The molecule has 1 fully saturated rings. The minimum atomic E-state index is 0.0744. The molecule has 1 saturated heterocycles. The molecule has 4 heteroatoms. The zero-order valence-corrected chi connectivity index (χ0v) is 13.6. The molecule has 1 aliphatic rings. The standard InChI is InChI=1S/C16H32N2O2/c1-13(6-5-11-19)17-14-7-9-18(10-8-14)15(20)12-16(2,3)4/h13-14,17,19H,5-12H2,1-4H3. The topological polar surface area (TPSA) is 52.6 Å². The molecule has 0 saturated carbocycles. The summed E-state index contributed by atoms with van der Waals surface area (Å²) in [7, 11) is 0. The Labute approximate surface area is 123 Å². The molecule has 0 spiro atoms. The second-order valence-electron chi connectivity index (χ2n) is 7.33. The molecule has 118 valence electrons. The first kappa shape index (κ1) is 17.4. The second kappa shape index (κ2) is 7.99. The van der Waals surface area contributed by atoms with Crippen LogP contribution in [-0.2, 0) is 4.79 Å². The Hall–Kier alpha value is -0.610. The summed E-state index contributed by atoms with van der Waals surface area (Å²) < 4.78 is 0. The number of hydrogen-bond acceptors (Lipinski definition) is 3. The van der Waals surface area contributed by atoms with Gasteiger partial charge in [-0.15, -0.1) is 0 Å². The molecule has 0 aromatic carbocycles. The fourth-order valence-electron chi connectivity index (χ4n) is 2.74. The number of piperidine rings is 1. The average molecular weight is 284 g/mol. The number of nitrogens with one attached hydrogen (secondary N) is 1. The summed E-state index contributed by atoms with van der Waals surface area (Å²) in [5.74, 6) is 0.296. The van der Waals surface area contributed by atoms with E-state index in [9.17, 15) is 4.79 Å². The first-order valence-corrected chi connectivity index (χ1v) is 7.96. The summed E-state index contributed by atoms with van der Waals surface area (Å²) in [5, 5.41) is 12.4. The van der Waals surface area contributed by atoms with Crippen LogP contribution in [-0.4, -0.2) is 47.7 Å². The van der Waals surface area contributed by atoms with E-state index in [0.717, 1.165) is 38.8 Å². The third kappa shape index (κ3) is 6.71. The lowest BCUT2D eigenvalue weighted by Gasteiger charge is -2.35. The van der Waals surface area contributed by atoms with Crippen molar-refractivity contribution in [3.8, 4) is 0 Å². The maximum Gasteiger partial charge on any atom is 0.223 e. The van der Waals surface area contributed by atoms with Crippen molar-refractivity contribution in [1.29, 1.82) is 0 Å². The summed E-state index contributed by atoms with van der Waals surface area (Å²) in [4.78, 5) is 14.2. The Bertz CT molecular complexity index is 291. The van der Waals surface area contributed by atoms with Crippen LogP contribution in [0.2, 0.25) is 0 Å². The van der Waals surface area contributed by atoms with Crippen LogP contribution in [0.4, 0.5) is 0 Å². The van der Waals surface area contributed by atoms with E-state index < -0.39 is 0 Å². The first-order valence-electron chi connectivity index (χ1n) is 7.96. The van der Waals surface area contributed by atoms with Crippen LogP contribution in [0.1, 0.15) is 59.8 Å². The zero-order chi connectivity index (χ0) is 15.2. The highest BCUT2D eigenvalue weighted by Crippen LogP contribution is 2.21. The summed E-state index contributed by atoms with van der Waals surface area (Å²) >= 11 is 0. The van der Waals surface area contributed by atoms with Crippen molar-refractivity contribution in [2.24, 2.45) is 5.41 Å². The van der Waals surface area contributed by atoms with E-state index in [2.05, 4.69) is 33.0 Å². The highest BCUT2D eigenvalue weighted by atomic mass is 16.2. The number of carbonyl (C=O) groups excluding carboxylic acids is 1. The fourth-order valence-corrected chi connectivity index (χ4v) is 2.74. The summed E-state index contributed by atoms with van der Waals surface area (Å²) in [6.45, 7) is 10.5. The van der Waals surface area contributed by atoms with Crippen molar-refractivity contribution in [2.75, 3.05) is 19.7 Å². The molecule has 1 atom stereocenters. The molecule has 1 amide bonds. The van der Waals surface area contributed by atoms with Gasteiger partial charge in [0.15, 0.2) is 0 Å². The maximum atomic E-state index is 12.2. The van der Waals surface area contributed by atoms with Crippen molar-refractivity contribution in [1.82, 2.24) is 10.2 Å². The van der Waals surface area contributed by atoms with E-state index in [-0.39, 0.29) is 12.0 Å². The molecule has 4 nitrogen and oxygen atoms in total. The minimum absolute atomic E-state index is 0.0744. The van der Waals surface area contributed by atoms with Gasteiger partial charge in [0.2, 0.25) is 5.91 Å². The highest BCUT2D eigenvalue weighted by molar-refractivity contribution is 5.76. The smallest absolute Gasteiger partial charge is 0.223 e. The lowest BCUT2D eigenvalue weighted by Crippen LogP contribution is -2.47. The number of likely N-dealkylation sites (tertiary alicyclic amines) is 1. The molecule has 0 radical (unpaired) electrons. The van der Waals surface area contributed by atoms with Crippen LogP contribution in [0.3, 0.4) is 0 Å². The van der Waals surface area contributed by atoms with E-state index in [1.165, 1.54) is 0 Å². The zero-order valence-electron chi connectivity index (χ0n) is 13.6. The van der Waals surface area contributed by atoms with Crippen LogP contribution in [0, 0.1) is 5.41 Å². The third-order valence-electron chi connectivity index (χ3n) is 3.84. The van der Waals surface area contributed by atoms with Gasteiger partial charge >= 0.3 is 0 Å². The molecule has 0 aromatic heterocycles. The van der Waals surface area contributed by atoms with Gasteiger partial charge in [0.25, 0.3) is 0 Å². The summed E-state index contributed by atoms with van der Waals surface area (Å²) in [5.41, 5.74) is 0.0744. The fraction of sp³-hybridized carbons (Fsp3) is 0.938. The Balaban J connectivity index is 2.27. The van der Waals surface area contributed by atoms with Crippen molar-refractivity contribution >= 4 is 5.91 Å². The van der Waals surface area contributed by atoms with Gasteiger partial charge in [-0.05, 0) is 38.0 Å². The Morgan fingerprint density at radius 1 is 1.35 bits per heavy atom. The highest BCUT2D eigenvalue weighted by Gasteiger charge is 2.26. The monoisotopic (exact) mass is 284 g/mol. The van der Waals surface area contributed by atoms with Crippen LogP contribution in [0.25, 0.3) is 0 Å². The molecule has 1 rings (SSSR count). The molecular formula is C16H32N2O2. The van der Waals surface area contributed by atoms with E-state index in [1.54, 1.807) is 0 Å². The lowest BCUT2D eigenvalue weighted by atomic mass is 9.91. The van der Waals surface area contributed by atoms with E-state index in [4.69, 9.17) is 5.11 Å². The molecule has 2 N–H and O–H groups in total. The largest absolute Gasteiger partial charge is 0.396 e. The Morgan fingerprint density at radius 3 is 2.45 bits per heavy atom. The molecule has 0 aliphatic carbocycles. The molecule has 20 heavy (non-hydrogen) atoms. The minimum Gasteiger partial charge on any atom is -0.396 e. The predicted octanol–water partition coefficient (Wildman–Crippen LogP) is 2.16.